The predicted molar refractivity (Wildman–Crippen MR) is 108 cm³/mol. The van der Waals surface area contributed by atoms with Crippen LogP contribution in [-0.4, -0.2) is 29.5 Å². The molecule has 1 saturated heterocycles. The van der Waals surface area contributed by atoms with Crippen LogP contribution in [0.15, 0.2) is 42.6 Å². The third kappa shape index (κ3) is 4.97. The normalized spacial score (nSPS) is 14.8. The van der Waals surface area contributed by atoms with Crippen molar-refractivity contribution in [3.05, 3.63) is 48.3 Å². The molecule has 0 radical (unpaired) electrons. The minimum Gasteiger partial charge on any atom is -0.379 e. The lowest BCUT2D eigenvalue weighted by molar-refractivity contribution is 0.102. The molecular weight excluding hydrogens is 324 g/mol. The molecule has 0 aliphatic carbocycles. The Labute approximate surface area is 155 Å². The fourth-order valence-corrected chi connectivity index (χ4v) is 3.14. The first kappa shape index (κ1) is 18.2. The Morgan fingerprint density at radius 1 is 0.962 bits per heavy atom. The number of carbonyl (C=O) groups is 1. The summed E-state index contributed by atoms with van der Waals surface area (Å²) >= 11 is 0. The molecule has 1 aliphatic heterocycles. The van der Waals surface area contributed by atoms with Gasteiger partial charge in [0.25, 0.3) is 5.91 Å². The van der Waals surface area contributed by atoms with Gasteiger partial charge in [-0.2, -0.15) is 0 Å². The van der Waals surface area contributed by atoms with Crippen LogP contribution in [0.3, 0.4) is 0 Å². The fraction of sp³-hybridized carbons (Fsp3) is 0.429. The number of benzene rings is 1. The maximum Gasteiger partial charge on any atom is 0.274 e. The van der Waals surface area contributed by atoms with E-state index in [9.17, 15) is 4.79 Å². The summed E-state index contributed by atoms with van der Waals surface area (Å²) < 4.78 is 0. The number of hydrogen-bond acceptors (Lipinski definition) is 4. The van der Waals surface area contributed by atoms with E-state index in [4.69, 9.17) is 0 Å². The second-order valence-electron chi connectivity index (χ2n) is 7.86. The Hall–Kier alpha value is -2.56. The molecule has 0 atom stereocenters. The zero-order chi connectivity index (χ0) is 18.6. The van der Waals surface area contributed by atoms with Gasteiger partial charge in [0, 0.05) is 30.0 Å². The lowest BCUT2D eigenvalue weighted by Gasteiger charge is -2.28. The van der Waals surface area contributed by atoms with Gasteiger partial charge in [-0.3, -0.25) is 4.79 Å². The zero-order valence-electron chi connectivity index (χ0n) is 15.9. The van der Waals surface area contributed by atoms with Crippen molar-refractivity contribution in [1.82, 2.24) is 4.98 Å². The number of rotatable bonds is 4. The molecular formula is C21H28N4O. The van der Waals surface area contributed by atoms with Crippen molar-refractivity contribution in [1.29, 1.82) is 0 Å². The van der Waals surface area contributed by atoms with Gasteiger partial charge in [-0.25, -0.2) is 4.98 Å². The molecule has 0 bridgehead atoms. The zero-order valence-corrected chi connectivity index (χ0v) is 15.9. The molecule has 138 valence electrons. The Morgan fingerprint density at radius 2 is 1.62 bits per heavy atom. The molecule has 1 aromatic heterocycles. The second kappa shape index (κ2) is 7.77. The first-order valence-electron chi connectivity index (χ1n) is 9.31. The van der Waals surface area contributed by atoms with E-state index in [1.165, 1.54) is 24.9 Å². The molecule has 0 unspecified atom stereocenters. The lowest BCUT2D eigenvalue weighted by atomic mass is 10.1. The van der Waals surface area contributed by atoms with Gasteiger partial charge >= 0.3 is 0 Å². The van der Waals surface area contributed by atoms with Crippen LogP contribution < -0.4 is 15.5 Å². The number of hydrogen-bond donors (Lipinski definition) is 2. The van der Waals surface area contributed by atoms with Crippen LogP contribution in [-0.2, 0) is 0 Å². The summed E-state index contributed by atoms with van der Waals surface area (Å²) in [7, 11) is 0. The number of pyridine rings is 1. The standard InChI is InChI=1S/C21H28N4O/c1-21(2,3)24-17-9-12-19(22-15-17)20(26)23-16-7-10-18(11-8-16)25-13-5-4-6-14-25/h7-12,15,24H,4-6,13-14H2,1-3H3,(H,23,26). The number of carbonyl (C=O) groups excluding carboxylic acids is 1. The summed E-state index contributed by atoms with van der Waals surface area (Å²) in [5.74, 6) is -0.196. The topological polar surface area (TPSA) is 57.3 Å². The smallest absolute Gasteiger partial charge is 0.274 e. The molecule has 1 fully saturated rings. The van der Waals surface area contributed by atoms with Crippen LogP contribution >= 0.6 is 0 Å². The predicted octanol–water partition coefficient (Wildman–Crippen LogP) is 4.53. The average Bonchev–Trinajstić information content (AvgIpc) is 2.62. The third-order valence-electron chi connectivity index (χ3n) is 4.36. The molecule has 26 heavy (non-hydrogen) atoms. The highest BCUT2D eigenvalue weighted by atomic mass is 16.1. The van der Waals surface area contributed by atoms with Gasteiger partial charge in [-0.1, -0.05) is 0 Å². The Bertz CT molecular complexity index is 726. The van der Waals surface area contributed by atoms with Crippen molar-refractivity contribution in [2.45, 2.75) is 45.6 Å². The largest absolute Gasteiger partial charge is 0.379 e. The van der Waals surface area contributed by atoms with E-state index in [1.54, 1.807) is 12.3 Å². The molecule has 5 nitrogen and oxygen atoms in total. The minimum atomic E-state index is -0.196. The van der Waals surface area contributed by atoms with Crippen LogP contribution in [0.25, 0.3) is 0 Å². The first-order chi connectivity index (χ1) is 12.4. The molecule has 5 heteroatoms. The minimum absolute atomic E-state index is 0.0401. The summed E-state index contributed by atoms with van der Waals surface area (Å²) in [6.45, 7) is 8.48. The maximum atomic E-state index is 12.4. The number of anilines is 3. The highest BCUT2D eigenvalue weighted by molar-refractivity contribution is 6.03. The van der Waals surface area contributed by atoms with Crippen LogP contribution in [0.4, 0.5) is 17.1 Å². The van der Waals surface area contributed by atoms with Crippen molar-refractivity contribution in [2.75, 3.05) is 28.6 Å². The maximum absolute atomic E-state index is 12.4. The summed E-state index contributed by atoms with van der Waals surface area (Å²) in [5.41, 5.74) is 3.28. The quantitative estimate of drug-likeness (QED) is 0.848. The SMILES string of the molecule is CC(C)(C)Nc1ccc(C(=O)Nc2ccc(N3CCCCC3)cc2)nc1. The summed E-state index contributed by atoms with van der Waals surface area (Å²) in [4.78, 5) is 19.1. The number of amides is 1. The number of nitrogens with one attached hydrogen (secondary N) is 2. The second-order valence-corrected chi connectivity index (χ2v) is 7.86. The molecule has 1 aromatic carbocycles. The summed E-state index contributed by atoms with van der Waals surface area (Å²) in [6, 6.07) is 11.7. The molecule has 1 amide bonds. The Morgan fingerprint density at radius 3 is 2.19 bits per heavy atom. The van der Waals surface area contributed by atoms with Gasteiger partial charge in [-0.05, 0) is 76.4 Å². The van der Waals surface area contributed by atoms with Gasteiger partial charge in [0.1, 0.15) is 5.69 Å². The number of nitrogens with zero attached hydrogens (tertiary/aromatic N) is 2. The molecule has 2 heterocycles. The van der Waals surface area contributed by atoms with E-state index in [0.29, 0.717) is 5.69 Å². The van der Waals surface area contributed by atoms with Gasteiger partial charge in [-0.15, -0.1) is 0 Å². The Kier molecular flexibility index (Phi) is 5.45. The van der Waals surface area contributed by atoms with Crippen molar-refractivity contribution in [3.63, 3.8) is 0 Å². The molecule has 1 aliphatic rings. The van der Waals surface area contributed by atoms with E-state index >= 15 is 0 Å². The molecule has 3 rings (SSSR count). The van der Waals surface area contributed by atoms with Gasteiger partial charge in [0.2, 0.25) is 0 Å². The van der Waals surface area contributed by atoms with Crippen molar-refractivity contribution < 1.29 is 4.79 Å². The van der Waals surface area contributed by atoms with Crippen molar-refractivity contribution in [3.8, 4) is 0 Å². The van der Waals surface area contributed by atoms with E-state index < -0.39 is 0 Å². The van der Waals surface area contributed by atoms with Crippen LogP contribution in [0.1, 0.15) is 50.5 Å². The molecule has 2 aromatic rings. The third-order valence-corrected chi connectivity index (χ3v) is 4.36. The summed E-state index contributed by atoms with van der Waals surface area (Å²) in [5, 5.41) is 6.25. The van der Waals surface area contributed by atoms with E-state index in [1.807, 2.05) is 18.2 Å². The van der Waals surface area contributed by atoms with Crippen molar-refractivity contribution >= 4 is 23.0 Å². The van der Waals surface area contributed by atoms with Gasteiger partial charge in [0.15, 0.2) is 0 Å². The summed E-state index contributed by atoms with van der Waals surface area (Å²) in [6.07, 6.45) is 5.52. The van der Waals surface area contributed by atoms with Crippen LogP contribution in [0, 0.1) is 0 Å². The first-order valence-corrected chi connectivity index (χ1v) is 9.31. The lowest BCUT2D eigenvalue weighted by Crippen LogP contribution is -2.29. The monoisotopic (exact) mass is 352 g/mol. The van der Waals surface area contributed by atoms with E-state index in [-0.39, 0.29) is 11.4 Å². The highest BCUT2D eigenvalue weighted by Crippen LogP contribution is 2.22. The van der Waals surface area contributed by atoms with Crippen LogP contribution in [0.2, 0.25) is 0 Å². The van der Waals surface area contributed by atoms with Gasteiger partial charge in [0.05, 0.1) is 11.9 Å². The average molecular weight is 352 g/mol. The number of aromatic nitrogens is 1. The van der Waals surface area contributed by atoms with Gasteiger partial charge < -0.3 is 15.5 Å². The fourth-order valence-electron chi connectivity index (χ4n) is 3.14. The van der Waals surface area contributed by atoms with E-state index in [2.05, 4.69) is 53.4 Å². The van der Waals surface area contributed by atoms with Crippen molar-refractivity contribution in [2.24, 2.45) is 0 Å². The Balaban J connectivity index is 1.60. The molecule has 0 saturated carbocycles. The molecule has 0 spiro atoms. The number of piperidine rings is 1. The molecule has 2 N–H and O–H groups in total. The van der Waals surface area contributed by atoms with E-state index in [0.717, 1.165) is 24.5 Å². The van der Waals surface area contributed by atoms with Crippen LogP contribution in [0.5, 0.6) is 0 Å². The highest BCUT2D eigenvalue weighted by Gasteiger charge is 2.13.